The van der Waals surface area contributed by atoms with E-state index in [0.29, 0.717) is 11.1 Å². The summed E-state index contributed by atoms with van der Waals surface area (Å²) in [5.74, 6) is -0.0137. The minimum Gasteiger partial charge on any atom is -0.872 e. The van der Waals surface area contributed by atoms with Crippen LogP contribution in [0.15, 0.2) is 75.5 Å². The van der Waals surface area contributed by atoms with Crippen LogP contribution in [0.3, 0.4) is 0 Å². The number of hydrogen-bond donors (Lipinski definition) is 0. The van der Waals surface area contributed by atoms with Crippen molar-refractivity contribution < 1.29 is 40.0 Å². The van der Waals surface area contributed by atoms with Crippen molar-refractivity contribution in [1.82, 2.24) is 0 Å². The summed E-state index contributed by atoms with van der Waals surface area (Å²) >= 11 is 0. The average molecular weight is 663 g/mol. The summed E-state index contributed by atoms with van der Waals surface area (Å²) in [4.78, 5) is 9.41. The van der Waals surface area contributed by atoms with E-state index in [1.54, 1.807) is 36.7 Å². The molecular weight excluding hydrogens is 619 g/mol. The molecule has 1 saturated carbocycles. The molecule has 0 bridgehead atoms. The Labute approximate surface area is 273 Å². The Morgan fingerprint density at radius 3 is 1.43 bits per heavy atom. The van der Waals surface area contributed by atoms with Gasteiger partial charge in [-0.3, -0.25) is 9.98 Å². The average Bonchev–Trinajstić information content (AvgIpc) is 2.91. The Morgan fingerprint density at radius 1 is 0.705 bits per heavy atom. The minimum absolute atomic E-state index is 0. The first-order chi connectivity index (χ1) is 19.9. The Bertz CT molecular complexity index is 1470. The van der Waals surface area contributed by atoms with Crippen molar-refractivity contribution in [2.45, 2.75) is 102 Å². The molecule has 0 heterocycles. The van der Waals surface area contributed by atoms with Gasteiger partial charge in [0.1, 0.15) is 10.1 Å². The van der Waals surface area contributed by atoms with Crippen molar-refractivity contribution in [3.63, 3.8) is 0 Å². The maximum atomic E-state index is 12.4. The predicted octanol–water partition coefficient (Wildman–Crippen LogP) is 6.17. The van der Waals surface area contributed by atoms with Crippen LogP contribution in [0.25, 0.3) is 0 Å². The van der Waals surface area contributed by atoms with Gasteiger partial charge in [-0.05, 0) is 65.0 Å². The van der Waals surface area contributed by atoms with E-state index in [4.69, 9.17) is 9.98 Å². The summed E-state index contributed by atoms with van der Waals surface area (Å²) in [5.41, 5.74) is 4.39. The van der Waals surface area contributed by atoms with E-state index in [9.17, 15) is 23.2 Å². The zero-order valence-electron chi connectivity index (χ0n) is 26.6. The van der Waals surface area contributed by atoms with Crippen molar-refractivity contribution in [2.24, 2.45) is 9.98 Å². The SMILES string of the molecule is CC(C)(C)c1ccc([O-])c(C=N[C@H]2CCCC[C@H]2N=Cc2cc(C(C)(C)C)ccc2[O-])c1.Cc1ccc(S(=O)(=O)[O-])cc1.[Co+3]. The molecular formula is C35H43CoN2O5S. The second-order valence-electron chi connectivity index (χ2n) is 13.2. The zero-order valence-corrected chi connectivity index (χ0v) is 28.4. The standard InChI is InChI=1S/C28H38N2O2.C7H8O3S.Co/c1-27(2,3)21-11-13-25(31)19(15-21)17-29-23-9-7-8-10-24(23)30-18-20-16-22(28(4,5)6)12-14-26(20)32;1-6-2-4-7(5-3-6)11(8,9)10;/h11-18,23-24,31-32H,7-10H2,1-6H3;2-5H,1H3,(H,8,9,10);/q;;+3/p-3/t23-,24+;;. The Kier molecular flexibility index (Phi) is 13.0. The van der Waals surface area contributed by atoms with Crippen molar-refractivity contribution >= 4 is 22.5 Å². The third-order valence-electron chi connectivity index (χ3n) is 7.57. The molecule has 1 fully saturated rings. The summed E-state index contributed by atoms with van der Waals surface area (Å²) in [6.07, 6.45) is 7.56. The Hall–Kier alpha value is -2.98. The Balaban J connectivity index is 0.000000475. The fourth-order valence-corrected chi connectivity index (χ4v) is 5.20. The van der Waals surface area contributed by atoms with Crippen LogP contribution >= 0.6 is 0 Å². The molecule has 3 aromatic rings. The first kappa shape index (κ1) is 37.2. The van der Waals surface area contributed by atoms with Crippen LogP contribution in [-0.4, -0.2) is 37.5 Å². The van der Waals surface area contributed by atoms with Crippen molar-refractivity contribution in [3.8, 4) is 11.5 Å². The van der Waals surface area contributed by atoms with Crippen molar-refractivity contribution in [3.05, 3.63) is 88.5 Å². The molecule has 0 aliphatic heterocycles. The molecule has 44 heavy (non-hydrogen) atoms. The number of nitrogens with zero attached hydrogens (tertiary/aromatic N) is 2. The summed E-state index contributed by atoms with van der Waals surface area (Å²) in [6.45, 7) is 14.6. The number of rotatable bonds is 5. The molecule has 0 spiro atoms. The molecule has 2 atom stereocenters. The van der Waals surface area contributed by atoms with E-state index in [2.05, 4.69) is 41.5 Å². The molecule has 3 aromatic carbocycles. The van der Waals surface area contributed by atoms with Gasteiger partial charge in [-0.1, -0.05) is 108 Å². The van der Waals surface area contributed by atoms with Crippen LogP contribution in [0, 0.1) is 6.92 Å². The topological polar surface area (TPSA) is 128 Å². The van der Waals surface area contributed by atoms with Crippen molar-refractivity contribution in [1.29, 1.82) is 0 Å². The quantitative estimate of drug-likeness (QED) is 0.238. The molecule has 0 saturated heterocycles. The monoisotopic (exact) mass is 662 g/mol. The fraction of sp³-hybridized carbons (Fsp3) is 0.429. The Morgan fingerprint density at radius 2 is 1.09 bits per heavy atom. The van der Waals surface area contributed by atoms with E-state index >= 15 is 0 Å². The van der Waals surface area contributed by atoms with E-state index in [-0.39, 0.29) is 56.1 Å². The summed E-state index contributed by atoms with van der Waals surface area (Å²) in [7, 11) is -4.27. The molecule has 0 unspecified atom stereocenters. The summed E-state index contributed by atoms with van der Waals surface area (Å²) in [5, 5.41) is 24.7. The molecule has 0 aromatic heterocycles. The molecule has 238 valence electrons. The van der Waals surface area contributed by atoms with Crippen LogP contribution in [-0.2, 0) is 37.7 Å². The second kappa shape index (κ2) is 15.3. The van der Waals surface area contributed by atoms with E-state index < -0.39 is 10.1 Å². The first-order valence-electron chi connectivity index (χ1n) is 14.7. The molecule has 0 N–H and O–H groups in total. The van der Waals surface area contributed by atoms with Crippen LogP contribution in [0.5, 0.6) is 11.5 Å². The van der Waals surface area contributed by atoms with Crippen LogP contribution in [0.4, 0.5) is 0 Å². The molecule has 1 aliphatic carbocycles. The van der Waals surface area contributed by atoms with Crippen LogP contribution in [0.2, 0.25) is 0 Å². The normalized spacial score (nSPS) is 17.6. The molecule has 4 rings (SSSR count). The van der Waals surface area contributed by atoms with E-state index in [1.165, 1.54) is 12.1 Å². The van der Waals surface area contributed by atoms with Gasteiger partial charge in [0, 0.05) is 12.4 Å². The van der Waals surface area contributed by atoms with Crippen molar-refractivity contribution in [2.75, 3.05) is 0 Å². The summed E-state index contributed by atoms with van der Waals surface area (Å²) < 4.78 is 31.2. The van der Waals surface area contributed by atoms with Gasteiger partial charge in [0.05, 0.1) is 17.0 Å². The molecule has 0 radical (unpaired) electrons. The van der Waals surface area contributed by atoms with Gasteiger partial charge in [-0.15, -0.1) is 11.5 Å². The van der Waals surface area contributed by atoms with Crippen LogP contribution in [0.1, 0.15) is 95.0 Å². The smallest absolute Gasteiger partial charge is 0.872 e. The predicted molar refractivity (Wildman–Crippen MR) is 170 cm³/mol. The largest absolute Gasteiger partial charge is 3.00 e. The fourth-order valence-electron chi connectivity index (χ4n) is 4.73. The third-order valence-corrected chi connectivity index (χ3v) is 8.41. The van der Waals surface area contributed by atoms with Crippen LogP contribution < -0.4 is 10.2 Å². The van der Waals surface area contributed by atoms with Gasteiger partial charge < -0.3 is 14.8 Å². The third kappa shape index (κ3) is 10.9. The maximum Gasteiger partial charge on any atom is 3.00 e. The number of benzene rings is 3. The zero-order chi connectivity index (χ0) is 32.0. The van der Waals surface area contributed by atoms with Gasteiger partial charge in [-0.25, -0.2) is 8.42 Å². The van der Waals surface area contributed by atoms with E-state index in [1.807, 2.05) is 31.2 Å². The number of hydrogen-bond acceptors (Lipinski definition) is 7. The van der Waals surface area contributed by atoms with Gasteiger partial charge in [0.15, 0.2) is 0 Å². The molecule has 1 aliphatic rings. The van der Waals surface area contributed by atoms with Gasteiger partial charge >= 0.3 is 16.8 Å². The second-order valence-corrected chi connectivity index (χ2v) is 14.6. The van der Waals surface area contributed by atoms with E-state index in [0.717, 1.165) is 42.4 Å². The van der Waals surface area contributed by atoms with Gasteiger partial charge in [0.2, 0.25) is 0 Å². The maximum absolute atomic E-state index is 12.4. The molecule has 9 heteroatoms. The molecule has 0 amide bonds. The van der Waals surface area contributed by atoms with Gasteiger partial charge in [-0.2, -0.15) is 0 Å². The molecule has 7 nitrogen and oxygen atoms in total. The first-order valence-corrected chi connectivity index (χ1v) is 16.1. The van der Waals surface area contributed by atoms with Gasteiger partial charge in [0.25, 0.3) is 0 Å². The summed E-state index contributed by atoms with van der Waals surface area (Å²) in [6, 6.07) is 16.8. The number of aliphatic imine (C=N–C) groups is 2. The number of aryl methyl sites for hydroxylation is 1. The minimum atomic E-state index is -4.27.